The molecule has 0 fully saturated rings. The lowest BCUT2D eigenvalue weighted by Crippen LogP contribution is -2.11. The van der Waals surface area contributed by atoms with Crippen molar-refractivity contribution in [3.8, 4) is 0 Å². The lowest BCUT2D eigenvalue weighted by Gasteiger charge is -2.06. The van der Waals surface area contributed by atoms with Gasteiger partial charge in [0.1, 0.15) is 5.82 Å². The first-order valence-corrected chi connectivity index (χ1v) is 6.06. The van der Waals surface area contributed by atoms with Crippen molar-refractivity contribution in [1.29, 1.82) is 0 Å². The number of halogens is 1. The highest BCUT2D eigenvalue weighted by atomic mass is 127. The van der Waals surface area contributed by atoms with E-state index in [4.69, 9.17) is 11.5 Å². The Morgan fingerprint density at radius 2 is 2.18 bits per heavy atom. The van der Waals surface area contributed by atoms with E-state index in [2.05, 4.69) is 4.98 Å². The number of carbonyl (C=O) groups excluding carboxylic acids is 1. The number of carbonyl (C=O) groups is 1. The highest BCUT2D eigenvalue weighted by Gasteiger charge is 2.12. The topological polar surface area (TPSA) is 85.2 Å². The van der Waals surface area contributed by atoms with Crippen molar-refractivity contribution in [3.63, 3.8) is 0 Å². The van der Waals surface area contributed by atoms with E-state index in [-0.39, 0.29) is 5.78 Å². The molecular formula is C11H15IN4O. The van der Waals surface area contributed by atoms with Gasteiger partial charge >= 0.3 is 0 Å². The molecule has 4 N–H and O–H groups in total. The Bertz CT molecular complexity index is 457. The predicted molar refractivity (Wildman–Crippen MR) is 77.8 cm³/mol. The minimum atomic E-state index is -0.158. The monoisotopic (exact) mass is 346 g/mol. The fourth-order valence-corrected chi connectivity index (χ4v) is 1.60. The summed E-state index contributed by atoms with van der Waals surface area (Å²) in [6, 6.07) is 0. The number of allylic oxidation sites excluding steroid dienone is 1. The summed E-state index contributed by atoms with van der Waals surface area (Å²) in [6.07, 6.45) is 4.69. The number of pyridine rings is 1. The van der Waals surface area contributed by atoms with Crippen molar-refractivity contribution in [2.75, 3.05) is 32.1 Å². The molecule has 0 bridgehead atoms. The summed E-state index contributed by atoms with van der Waals surface area (Å²) >= 11 is 1.98. The summed E-state index contributed by atoms with van der Waals surface area (Å²) in [5.74, 6) is 0.187. The smallest absolute Gasteiger partial charge is 0.189 e. The van der Waals surface area contributed by atoms with Crippen LogP contribution in [0.3, 0.4) is 0 Å². The molecule has 0 saturated heterocycles. The first-order valence-electron chi connectivity index (χ1n) is 4.98. The van der Waals surface area contributed by atoms with Gasteiger partial charge in [-0.05, 0) is 42.8 Å². The maximum absolute atomic E-state index is 11.8. The molecule has 0 atom stereocenters. The molecule has 1 heterocycles. The third-order valence-electron chi connectivity index (χ3n) is 2.09. The number of nitrogens with two attached hydrogens (primary N) is 2. The first-order chi connectivity index (χ1) is 7.93. The van der Waals surface area contributed by atoms with Gasteiger partial charge in [0.25, 0.3) is 0 Å². The van der Waals surface area contributed by atoms with Crippen LogP contribution in [-0.4, -0.2) is 36.3 Å². The third kappa shape index (κ3) is 3.67. The predicted octanol–water partition coefficient (Wildman–Crippen LogP) is 1.15. The fourth-order valence-electron chi connectivity index (χ4n) is 1.17. The number of aromatic nitrogens is 1. The van der Waals surface area contributed by atoms with Gasteiger partial charge in [0.05, 0.1) is 14.8 Å². The van der Waals surface area contributed by atoms with E-state index < -0.39 is 0 Å². The van der Waals surface area contributed by atoms with Gasteiger partial charge in [0.15, 0.2) is 5.78 Å². The molecule has 1 aromatic heterocycles. The molecule has 0 amide bonds. The first kappa shape index (κ1) is 13.9. The van der Waals surface area contributed by atoms with Gasteiger partial charge in [-0.1, -0.05) is 6.08 Å². The van der Waals surface area contributed by atoms with E-state index in [1.165, 1.54) is 12.3 Å². The molecular weight excluding hydrogens is 331 g/mol. The molecule has 1 rings (SSSR count). The van der Waals surface area contributed by atoms with Gasteiger partial charge in [0.2, 0.25) is 0 Å². The SMILES string of the molecule is CN(C)CC=CC(=O)c1cnc(N)c(I)c1N. The van der Waals surface area contributed by atoms with Gasteiger partial charge in [-0.25, -0.2) is 4.98 Å². The molecule has 6 heteroatoms. The standard InChI is InChI=1S/C11H15IN4O/c1-16(2)5-3-4-8(17)7-6-15-11(14)9(12)10(7)13/h3-4,6H,5H2,1-2H3,(H4,13,14,15). The minimum Gasteiger partial charge on any atom is -0.397 e. The van der Waals surface area contributed by atoms with Crippen LogP contribution in [0.1, 0.15) is 10.4 Å². The molecule has 92 valence electrons. The molecule has 0 aliphatic heterocycles. The quantitative estimate of drug-likeness (QED) is 0.485. The zero-order valence-corrected chi connectivity index (χ0v) is 11.9. The Balaban J connectivity index is 2.90. The Kier molecular flexibility index (Phi) is 4.88. The maximum atomic E-state index is 11.8. The van der Waals surface area contributed by atoms with Crippen LogP contribution in [-0.2, 0) is 0 Å². The lowest BCUT2D eigenvalue weighted by atomic mass is 10.1. The number of likely N-dealkylation sites (N-methyl/N-ethyl adjacent to an activating group) is 1. The average molecular weight is 346 g/mol. The van der Waals surface area contributed by atoms with Gasteiger partial charge in [-0.3, -0.25) is 4.79 Å². The second-order valence-corrected chi connectivity index (χ2v) is 4.89. The van der Waals surface area contributed by atoms with E-state index in [1.807, 2.05) is 41.6 Å². The molecule has 0 aliphatic carbocycles. The molecule has 0 aliphatic rings. The van der Waals surface area contributed by atoms with Crippen LogP contribution in [0, 0.1) is 3.57 Å². The number of hydrogen-bond donors (Lipinski definition) is 2. The van der Waals surface area contributed by atoms with Crippen LogP contribution in [0.5, 0.6) is 0 Å². The zero-order chi connectivity index (χ0) is 13.0. The molecule has 0 radical (unpaired) electrons. The Labute approximate surface area is 114 Å². The largest absolute Gasteiger partial charge is 0.397 e. The normalized spacial score (nSPS) is 11.3. The third-order valence-corrected chi connectivity index (χ3v) is 3.22. The van der Waals surface area contributed by atoms with E-state index in [9.17, 15) is 4.79 Å². The number of nitrogen functional groups attached to an aromatic ring is 2. The summed E-state index contributed by atoms with van der Waals surface area (Å²) in [6.45, 7) is 0.700. The summed E-state index contributed by atoms with van der Waals surface area (Å²) in [7, 11) is 3.85. The van der Waals surface area contributed by atoms with E-state index >= 15 is 0 Å². The van der Waals surface area contributed by atoms with Crippen molar-refractivity contribution < 1.29 is 4.79 Å². The Morgan fingerprint density at radius 3 is 2.76 bits per heavy atom. The molecule has 0 aromatic carbocycles. The molecule has 17 heavy (non-hydrogen) atoms. The van der Waals surface area contributed by atoms with E-state index in [0.717, 1.165) is 0 Å². The van der Waals surface area contributed by atoms with E-state index in [0.29, 0.717) is 27.2 Å². The van der Waals surface area contributed by atoms with Crippen molar-refractivity contribution in [2.45, 2.75) is 0 Å². The van der Waals surface area contributed by atoms with Crippen molar-refractivity contribution >= 4 is 39.9 Å². The summed E-state index contributed by atoms with van der Waals surface area (Å²) < 4.78 is 0.620. The van der Waals surface area contributed by atoms with Crippen molar-refractivity contribution in [3.05, 3.63) is 27.5 Å². The summed E-state index contributed by atoms with van der Waals surface area (Å²) in [5.41, 5.74) is 12.2. The van der Waals surface area contributed by atoms with Crippen LogP contribution < -0.4 is 11.5 Å². The van der Waals surface area contributed by atoms with Gasteiger partial charge in [-0.2, -0.15) is 0 Å². The van der Waals surface area contributed by atoms with Gasteiger partial charge in [-0.15, -0.1) is 0 Å². The van der Waals surface area contributed by atoms with Crippen LogP contribution in [0.2, 0.25) is 0 Å². The highest BCUT2D eigenvalue weighted by molar-refractivity contribution is 14.1. The Morgan fingerprint density at radius 1 is 1.53 bits per heavy atom. The second kappa shape index (κ2) is 5.97. The van der Waals surface area contributed by atoms with Crippen molar-refractivity contribution in [2.24, 2.45) is 0 Å². The fraction of sp³-hybridized carbons (Fsp3) is 0.273. The van der Waals surface area contributed by atoms with Gasteiger partial charge < -0.3 is 16.4 Å². The average Bonchev–Trinajstić information content (AvgIpc) is 2.25. The number of nitrogens with zero attached hydrogens (tertiary/aromatic N) is 2. The maximum Gasteiger partial charge on any atom is 0.189 e. The highest BCUT2D eigenvalue weighted by Crippen LogP contribution is 2.23. The van der Waals surface area contributed by atoms with Crippen LogP contribution in [0.15, 0.2) is 18.3 Å². The molecule has 1 aromatic rings. The molecule has 0 saturated carbocycles. The van der Waals surface area contributed by atoms with E-state index in [1.54, 1.807) is 6.08 Å². The molecule has 5 nitrogen and oxygen atoms in total. The number of ketones is 1. The molecule has 0 spiro atoms. The van der Waals surface area contributed by atoms with Crippen molar-refractivity contribution in [1.82, 2.24) is 9.88 Å². The molecule has 0 unspecified atom stereocenters. The number of rotatable bonds is 4. The zero-order valence-electron chi connectivity index (χ0n) is 9.77. The summed E-state index contributed by atoms with van der Waals surface area (Å²) in [4.78, 5) is 17.7. The number of anilines is 2. The van der Waals surface area contributed by atoms with Crippen LogP contribution >= 0.6 is 22.6 Å². The Hall–Kier alpha value is -1.15. The second-order valence-electron chi connectivity index (χ2n) is 3.81. The summed E-state index contributed by atoms with van der Waals surface area (Å²) in [5, 5.41) is 0. The lowest BCUT2D eigenvalue weighted by molar-refractivity contribution is 0.104. The van der Waals surface area contributed by atoms with Crippen LogP contribution in [0.4, 0.5) is 11.5 Å². The van der Waals surface area contributed by atoms with Crippen LogP contribution in [0.25, 0.3) is 0 Å². The number of hydrogen-bond acceptors (Lipinski definition) is 5. The minimum absolute atomic E-state index is 0.158. The van der Waals surface area contributed by atoms with Gasteiger partial charge in [0, 0.05) is 12.7 Å².